The summed E-state index contributed by atoms with van der Waals surface area (Å²) in [4.78, 5) is 0. The molecule has 1 N–H and O–H groups in total. The van der Waals surface area contributed by atoms with Gasteiger partial charge >= 0.3 is 0 Å². The largest absolute Gasteiger partial charge is 0.488 e. The van der Waals surface area contributed by atoms with Crippen molar-refractivity contribution in [3.63, 3.8) is 0 Å². The maximum atomic E-state index is 10.5. The van der Waals surface area contributed by atoms with Gasteiger partial charge in [-0.3, -0.25) is 0 Å². The van der Waals surface area contributed by atoms with Crippen LogP contribution in [0.3, 0.4) is 0 Å². The van der Waals surface area contributed by atoms with Crippen molar-refractivity contribution in [1.82, 2.24) is 0 Å². The van der Waals surface area contributed by atoms with Crippen molar-refractivity contribution in [2.24, 2.45) is 17.3 Å². The first kappa shape index (κ1) is 17.1. The molecular formula is C23H32O3. The Balaban J connectivity index is 1.36. The molecule has 1 aliphatic heterocycles. The van der Waals surface area contributed by atoms with Crippen molar-refractivity contribution in [2.45, 2.75) is 76.4 Å². The van der Waals surface area contributed by atoms with Crippen LogP contribution in [0.25, 0.3) is 0 Å². The van der Waals surface area contributed by atoms with Gasteiger partial charge in [0.25, 0.3) is 0 Å². The van der Waals surface area contributed by atoms with E-state index in [9.17, 15) is 5.11 Å². The number of hydrogen-bond acceptors (Lipinski definition) is 3. The predicted molar refractivity (Wildman–Crippen MR) is 102 cm³/mol. The third kappa shape index (κ3) is 2.70. The Morgan fingerprint density at radius 2 is 2.08 bits per heavy atom. The number of rotatable bonds is 2. The zero-order valence-electron chi connectivity index (χ0n) is 16.0. The molecule has 1 unspecified atom stereocenters. The molecule has 1 aromatic rings. The molecule has 3 aliphatic carbocycles. The van der Waals surface area contributed by atoms with Crippen LogP contribution in [0.2, 0.25) is 0 Å². The molecule has 4 aliphatic rings. The van der Waals surface area contributed by atoms with E-state index in [0.717, 1.165) is 50.6 Å². The van der Waals surface area contributed by atoms with E-state index in [1.807, 2.05) is 0 Å². The fourth-order valence-corrected chi connectivity index (χ4v) is 6.60. The lowest BCUT2D eigenvalue weighted by atomic mass is 9.55. The molecule has 5 rings (SSSR count). The van der Waals surface area contributed by atoms with Gasteiger partial charge in [0.2, 0.25) is 0 Å². The van der Waals surface area contributed by atoms with Crippen LogP contribution in [0.4, 0.5) is 0 Å². The zero-order chi connectivity index (χ0) is 17.7. The molecule has 142 valence electrons. The summed E-state index contributed by atoms with van der Waals surface area (Å²) in [6, 6.07) is 6.84. The molecule has 0 amide bonds. The van der Waals surface area contributed by atoms with Gasteiger partial charge in [-0.25, -0.2) is 0 Å². The highest BCUT2D eigenvalue weighted by molar-refractivity contribution is 5.41. The second-order valence-electron chi connectivity index (χ2n) is 9.37. The van der Waals surface area contributed by atoms with Crippen molar-refractivity contribution in [1.29, 1.82) is 0 Å². The molecule has 6 atom stereocenters. The number of aliphatic hydroxyl groups excluding tert-OH is 1. The molecule has 3 fully saturated rings. The van der Waals surface area contributed by atoms with E-state index in [1.54, 1.807) is 5.56 Å². The number of aliphatic hydroxyl groups is 1. The van der Waals surface area contributed by atoms with Crippen molar-refractivity contribution in [3.05, 3.63) is 29.3 Å². The molecule has 3 nitrogen and oxygen atoms in total. The lowest BCUT2D eigenvalue weighted by Crippen LogP contribution is -2.43. The molecule has 0 radical (unpaired) electrons. The van der Waals surface area contributed by atoms with Gasteiger partial charge < -0.3 is 14.6 Å². The number of hydrogen-bond donors (Lipinski definition) is 1. The van der Waals surface area contributed by atoms with E-state index in [2.05, 4.69) is 25.1 Å². The van der Waals surface area contributed by atoms with Crippen LogP contribution in [-0.4, -0.2) is 30.5 Å². The Labute approximate surface area is 157 Å². The van der Waals surface area contributed by atoms with Crippen molar-refractivity contribution >= 4 is 0 Å². The molecule has 0 bridgehead atoms. The standard InChI is InChI=1S/C23H32O3/c1-23-11-10-19-18-7-5-16(26-17-3-2-12-25-14-17)13-15(18)4-6-20(19)21(23)8-9-22(23)24/h5,7,13,17,19-22,24H,2-4,6,8-12,14H2,1H3/t17?,19-,20-,21+,22+,23+/m1/s1. The third-order valence-corrected chi connectivity index (χ3v) is 8.07. The highest BCUT2D eigenvalue weighted by Crippen LogP contribution is 2.60. The minimum atomic E-state index is -0.0802. The van der Waals surface area contributed by atoms with Gasteiger partial charge in [0.05, 0.1) is 12.7 Å². The predicted octanol–water partition coefficient (Wildman–Crippen LogP) is 4.46. The first-order chi connectivity index (χ1) is 12.6. The first-order valence-electron chi connectivity index (χ1n) is 10.7. The third-order valence-electron chi connectivity index (χ3n) is 8.07. The normalized spacial score (nSPS) is 41.8. The van der Waals surface area contributed by atoms with E-state index in [0.29, 0.717) is 11.8 Å². The highest BCUT2D eigenvalue weighted by atomic mass is 16.5. The van der Waals surface area contributed by atoms with Gasteiger partial charge in [0.1, 0.15) is 11.9 Å². The summed E-state index contributed by atoms with van der Waals surface area (Å²) in [5.74, 6) is 3.18. The van der Waals surface area contributed by atoms with E-state index >= 15 is 0 Å². The average Bonchev–Trinajstić information content (AvgIpc) is 2.97. The minimum absolute atomic E-state index is 0.0802. The van der Waals surface area contributed by atoms with Gasteiger partial charge in [0.15, 0.2) is 0 Å². The SMILES string of the molecule is C[C@]12CC[C@@H]3c4ccc(OC5CCCOC5)cc4CC[C@H]3[C@@H]1CC[C@@H]2O. The van der Waals surface area contributed by atoms with Gasteiger partial charge in [-0.15, -0.1) is 0 Å². The Morgan fingerprint density at radius 3 is 2.92 bits per heavy atom. The Morgan fingerprint density at radius 1 is 1.15 bits per heavy atom. The number of aryl methyl sites for hydroxylation is 1. The zero-order valence-corrected chi connectivity index (χ0v) is 16.0. The lowest BCUT2D eigenvalue weighted by Gasteiger charge is -2.50. The fourth-order valence-electron chi connectivity index (χ4n) is 6.60. The molecule has 2 saturated carbocycles. The minimum Gasteiger partial charge on any atom is -0.488 e. The molecule has 1 aromatic carbocycles. The summed E-state index contributed by atoms with van der Waals surface area (Å²) in [5, 5.41) is 10.5. The molecule has 0 aromatic heterocycles. The average molecular weight is 357 g/mol. The van der Waals surface area contributed by atoms with Crippen LogP contribution < -0.4 is 4.74 Å². The fraction of sp³-hybridized carbons (Fsp3) is 0.739. The van der Waals surface area contributed by atoms with Gasteiger partial charge in [0, 0.05) is 6.61 Å². The van der Waals surface area contributed by atoms with E-state index in [1.165, 1.54) is 31.2 Å². The van der Waals surface area contributed by atoms with E-state index < -0.39 is 0 Å². The summed E-state index contributed by atoms with van der Waals surface area (Å²) in [6.07, 6.45) is 9.42. The topological polar surface area (TPSA) is 38.7 Å². The molecular weight excluding hydrogens is 324 g/mol. The lowest BCUT2D eigenvalue weighted by molar-refractivity contribution is -0.0226. The Kier molecular flexibility index (Phi) is 4.28. The van der Waals surface area contributed by atoms with E-state index in [4.69, 9.17) is 9.47 Å². The number of benzene rings is 1. The second-order valence-corrected chi connectivity index (χ2v) is 9.37. The van der Waals surface area contributed by atoms with Crippen LogP contribution in [0, 0.1) is 17.3 Å². The van der Waals surface area contributed by atoms with Gasteiger partial charge in [-0.05, 0) is 97.8 Å². The van der Waals surface area contributed by atoms with Crippen LogP contribution in [-0.2, 0) is 11.2 Å². The van der Waals surface area contributed by atoms with Gasteiger partial charge in [-0.1, -0.05) is 13.0 Å². The molecule has 1 saturated heterocycles. The summed E-state index contributed by atoms with van der Waals surface area (Å²) in [6.45, 7) is 3.95. The maximum absolute atomic E-state index is 10.5. The Hall–Kier alpha value is -1.06. The first-order valence-corrected chi connectivity index (χ1v) is 10.7. The highest BCUT2D eigenvalue weighted by Gasteiger charge is 2.54. The second kappa shape index (κ2) is 6.53. The van der Waals surface area contributed by atoms with Crippen LogP contribution in [0.1, 0.15) is 68.9 Å². The summed E-state index contributed by atoms with van der Waals surface area (Å²) < 4.78 is 11.7. The smallest absolute Gasteiger partial charge is 0.122 e. The Bertz CT molecular complexity index is 665. The summed E-state index contributed by atoms with van der Waals surface area (Å²) in [5.41, 5.74) is 3.24. The van der Waals surface area contributed by atoms with Gasteiger partial charge in [-0.2, -0.15) is 0 Å². The number of fused-ring (bicyclic) bond motifs is 5. The molecule has 3 heteroatoms. The molecule has 26 heavy (non-hydrogen) atoms. The summed E-state index contributed by atoms with van der Waals surface area (Å²) >= 11 is 0. The number of ether oxygens (including phenoxy) is 2. The maximum Gasteiger partial charge on any atom is 0.122 e. The van der Waals surface area contributed by atoms with Crippen molar-refractivity contribution < 1.29 is 14.6 Å². The quantitative estimate of drug-likeness (QED) is 0.850. The summed E-state index contributed by atoms with van der Waals surface area (Å²) in [7, 11) is 0. The molecule has 1 heterocycles. The monoisotopic (exact) mass is 356 g/mol. The van der Waals surface area contributed by atoms with Crippen LogP contribution in [0.15, 0.2) is 18.2 Å². The van der Waals surface area contributed by atoms with Crippen LogP contribution in [0.5, 0.6) is 5.75 Å². The van der Waals surface area contributed by atoms with E-state index in [-0.39, 0.29) is 17.6 Å². The van der Waals surface area contributed by atoms with Crippen molar-refractivity contribution in [3.8, 4) is 5.75 Å². The molecule has 0 spiro atoms. The van der Waals surface area contributed by atoms with Crippen LogP contribution >= 0.6 is 0 Å². The van der Waals surface area contributed by atoms with Crippen molar-refractivity contribution in [2.75, 3.05) is 13.2 Å².